The highest BCUT2D eigenvalue weighted by atomic mass is 79.9. The van der Waals surface area contributed by atoms with E-state index >= 15 is 0 Å². The van der Waals surface area contributed by atoms with Crippen LogP contribution in [-0.2, 0) is 11.3 Å². The molecule has 0 saturated heterocycles. The van der Waals surface area contributed by atoms with Crippen molar-refractivity contribution in [1.82, 2.24) is 4.90 Å². The van der Waals surface area contributed by atoms with Crippen LogP contribution in [0.2, 0.25) is 0 Å². The highest BCUT2D eigenvalue weighted by molar-refractivity contribution is 9.10. The van der Waals surface area contributed by atoms with Crippen LogP contribution in [0.1, 0.15) is 17.5 Å². The quantitative estimate of drug-likeness (QED) is 0.737. The van der Waals surface area contributed by atoms with Crippen molar-refractivity contribution in [3.05, 3.63) is 76.0 Å². The molecule has 0 spiro atoms. The van der Waals surface area contributed by atoms with Gasteiger partial charge in [-0.2, -0.15) is 0 Å². The molecule has 3 rings (SSSR count). The Bertz CT molecular complexity index is 761. The Morgan fingerprint density at radius 3 is 2.67 bits per heavy atom. The molecule has 124 valence electrons. The summed E-state index contributed by atoms with van der Waals surface area (Å²) in [6.07, 6.45) is 2.16. The van der Waals surface area contributed by atoms with Gasteiger partial charge in [0.05, 0.1) is 0 Å². The molecular weight excluding hydrogens is 373 g/mol. The fraction of sp³-hybridized carbons (Fsp3) is 0.211. The summed E-state index contributed by atoms with van der Waals surface area (Å²) in [5.41, 5.74) is 2.47. The lowest BCUT2D eigenvalue weighted by atomic mass is 9.99. The minimum atomic E-state index is -0.342. The summed E-state index contributed by atoms with van der Waals surface area (Å²) in [5, 5.41) is 0. The first-order valence-corrected chi connectivity index (χ1v) is 8.53. The van der Waals surface area contributed by atoms with E-state index in [2.05, 4.69) is 15.9 Å². The van der Waals surface area contributed by atoms with E-state index in [1.54, 1.807) is 11.0 Å². The number of halogens is 2. The second-order valence-corrected chi connectivity index (χ2v) is 6.51. The standard InChI is InChI=1S/C19H17BrFNO2/c20-16-6-7-17(18(21)12-16)15-8-10-22(11-9-15)19(23)24-13-14-4-2-1-3-5-14/h1-8,12H,9-11,13H2. The van der Waals surface area contributed by atoms with Gasteiger partial charge in [-0.05, 0) is 29.7 Å². The summed E-state index contributed by atoms with van der Waals surface area (Å²) >= 11 is 3.26. The fourth-order valence-electron chi connectivity index (χ4n) is 2.64. The van der Waals surface area contributed by atoms with Crippen LogP contribution in [0.15, 0.2) is 59.1 Å². The number of carbonyl (C=O) groups excluding carboxylic acids is 1. The number of ether oxygens (including phenoxy) is 1. The Labute approximate surface area is 148 Å². The van der Waals surface area contributed by atoms with Gasteiger partial charge >= 0.3 is 6.09 Å². The van der Waals surface area contributed by atoms with Crippen molar-refractivity contribution < 1.29 is 13.9 Å². The van der Waals surface area contributed by atoms with Crippen molar-refractivity contribution in [2.45, 2.75) is 13.0 Å². The maximum atomic E-state index is 14.0. The zero-order valence-electron chi connectivity index (χ0n) is 13.0. The average molecular weight is 390 g/mol. The molecule has 1 aliphatic heterocycles. The topological polar surface area (TPSA) is 29.5 Å². The zero-order chi connectivity index (χ0) is 16.9. The van der Waals surface area contributed by atoms with Gasteiger partial charge in [0, 0.05) is 23.1 Å². The second kappa shape index (κ2) is 7.62. The van der Waals surface area contributed by atoms with Gasteiger partial charge in [-0.15, -0.1) is 0 Å². The van der Waals surface area contributed by atoms with E-state index in [9.17, 15) is 9.18 Å². The fourth-order valence-corrected chi connectivity index (χ4v) is 2.97. The first-order valence-electron chi connectivity index (χ1n) is 7.73. The van der Waals surface area contributed by atoms with Crippen LogP contribution in [0.5, 0.6) is 0 Å². The van der Waals surface area contributed by atoms with E-state index in [0.29, 0.717) is 29.5 Å². The van der Waals surface area contributed by atoms with E-state index < -0.39 is 0 Å². The van der Waals surface area contributed by atoms with Crippen LogP contribution in [0.3, 0.4) is 0 Å². The van der Waals surface area contributed by atoms with E-state index in [1.807, 2.05) is 42.5 Å². The normalized spacial score (nSPS) is 14.2. The third-order valence-corrected chi connectivity index (χ3v) is 4.44. The summed E-state index contributed by atoms with van der Waals surface area (Å²) in [7, 11) is 0. The molecule has 2 aromatic rings. The summed E-state index contributed by atoms with van der Waals surface area (Å²) in [4.78, 5) is 13.7. The number of amides is 1. The minimum Gasteiger partial charge on any atom is -0.445 e. The largest absolute Gasteiger partial charge is 0.445 e. The molecule has 0 radical (unpaired) electrons. The lowest BCUT2D eigenvalue weighted by molar-refractivity contribution is 0.0998. The average Bonchev–Trinajstić information content (AvgIpc) is 2.61. The Hall–Kier alpha value is -2.14. The van der Waals surface area contributed by atoms with Crippen LogP contribution in [0, 0.1) is 5.82 Å². The molecule has 1 heterocycles. The maximum absolute atomic E-state index is 14.0. The number of nitrogens with zero attached hydrogens (tertiary/aromatic N) is 1. The maximum Gasteiger partial charge on any atom is 0.410 e. The molecule has 1 amide bonds. The third-order valence-electron chi connectivity index (χ3n) is 3.95. The number of carbonyl (C=O) groups is 1. The molecule has 0 N–H and O–H groups in total. The molecule has 0 aliphatic carbocycles. The lowest BCUT2D eigenvalue weighted by Crippen LogP contribution is -2.35. The highest BCUT2D eigenvalue weighted by Gasteiger charge is 2.20. The Morgan fingerprint density at radius 2 is 2.00 bits per heavy atom. The van der Waals surface area contributed by atoms with Crippen molar-refractivity contribution in [2.24, 2.45) is 0 Å². The van der Waals surface area contributed by atoms with Crippen LogP contribution >= 0.6 is 15.9 Å². The summed E-state index contributed by atoms with van der Waals surface area (Å²) in [6, 6.07) is 14.6. The summed E-state index contributed by atoms with van der Waals surface area (Å²) < 4.78 is 20.1. The molecule has 3 nitrogen and oxygen atoms in total. The molecular formula is C19H17BrFNO2. The summed E-state index contributed by atoms with van der Waals surface area (Å²) in [5.74, 6) is -0.254. The predicted molar refractivity (Wildman–Crippen MR) is 94.9 cm³/mol. The highest BCUT2D eigenvalue weighted by Crippen LogP contribution is 2.27. The Kier molecular flexibility index (Phi) is 5.30. The Balaban J connectivity index is 1.59. The number of hydrogen-bond acceptors (Lipinski definition) is 2. The summed E-state index contributed by atoms with van der Waals surface area (Å²) in [6.45, 7) is 1.21. The van der Waals surface area contributed by atoms with Crippen molar-refractivity contribution in [3.63, 3.8) is 0 Å². The molecule has 1 aliphatic rings. The zero-order valence-corrected chi connectivity index (χ0v) is 14.6. The smallest absolute Gasteiger partial charge is 0.410 e. The molecule has 2 aromatic carbocycles. The molecule has 0 aromatic heterocycles. The number of benzene rings is 2. The number of rotatable bonds is 3. The van der Waals surface area contributed by atoms with Crippen molar-refractivity contribution in [2.75, 3.05) is 13.1 Å². The monoisotopic (exact) mass is 389 g/mol. The van der Waals surface area contributed by atoms with Crippen molar-refractivity contribution in [3.8, 4) is 0 Å². The SMILES string of the molecule is O=C(OCc1ccccc1)N1CC=C(c2ccc(Br)cc2F)CC1. The van der Waals surface area contributed by atoms with Gasteiger partial charge in [0.2, 0.25) is 0 Å². The lowest BCUT2D eigenvalue weighted by Gasteiger charge is -2.26. The molecule has 0 saturated carbocycles. The van der Waals surface area contributed by atoms with Gasteiger partial charge < -0.3 is 9.64 Å². The van der Waals surface area contributed by atoms with E-state index in [4.69, 9.17) is 4.74 Å². The van der Waals surface area contributed by atoms with Gasteiger partial charge in [0.1, 0.15) is 12.4 Å². The Morgan fingerprint density at radius 1 is 1.21 bits per heavy atom. The van der Waals surface area contributed by atoms with Gasteiger partial charge in [-0.25, -0.2) is 9.18 Å². The minimum absolute atomic E-state index is 0.254. The molecule has 5 heteroatoms. The van der Waals surface area contributed by atoms with Crippen molar-refractivity contribution in [1.29, 1.82) is 0 Å². The predicted octanol–water partition coefficient (Wildman–Crippen LogP) is 5.01. The van der Waals surface area contributed by atoms with Crippen molar-refractivity contribution >= 4 is 27.6 Å². The molecule has 0 atom stereocenters. The van der Waals surface area contributed by atoms with E-state index in [1.165, 1.54) is 6.07 Å². The first-order chi connectivity index (χ1) is 11.6. The van der Waals surface area contributed by atoms with E-state index in [-0.39, 0.29) is 18.5 Å². The first kappa shape index (κ1) is 16.7. The van der Waals surface area contributed by atoms with Crippen LogP contribution in [0.25, 0.3) is 5.57 Å². The van der Waals surface area contributed by atoms with Gasteiger partial charge in [0.15, 0.2) is 0 Å². The van der Waals surface area contributed by atoms with Crippen LogP contribution in [-0.4, -0.2) is 24.1 Å². The van der Waals surface area contributed by atoms with Gasteiger partial charge in [-0.3, -0.25) is 0 Å². The molecule has 0 bridgehead atoms. The molecule has 24 heavy (non-hydrogen) atoms. The van der Waals surface area contributed by atoms with Gasteiger partial charge in [0.25, 0.3) is 0 Å². The van der Waals surface area contributed by atoms with E-state index in [0.717, 1.165) is 11.1 Å². The third kappa shape index (κ3) is 4.03. The van der Waals surface area contributed by atoms with Crippen LogP contribution in [0.4, 0.5) is 9.18 Å². The van der Waals surface area contributed by atoms with Gasteiger partial charge in [-0.1, -0.05) is 58.4 Å². The number of hydrogen-bond donors (Lipinski definition) is 0. The molecule has 0 unspecified atom stereocenters. The second-order valence-electron chi connectivity index (χ2n) is 5.59. The van der Waals surface area contributed by atoms with Crippen LogP contribution < -0.4 is 0 Å². The molecule has 0 fully saturated rings.